The van der Waals surface area contributed by atoms with Crippen LogP contribution >= 0.6 is 0 Å². The van der Waals surface area contributed by atoms with Gasteiger partial charge in [-0.3, -0.25) is 9.48 Å². The lowest BCUT2D eigenvalue weighted by atomic mass is 10.2. The summed E-state index contributed by atoms with van der Waals surface area (Å²) in [6.45, 7) is 7.97. The average molecular weight is 337 g/mol. The molecule has 2 aromatic heterocycles. The molecule has 1 aromatic carbocycles. The number of hydrogen-bond donors (Lipinski definition) is 1. The number of rotatable bonds is 4. The molecule has 0 radical (unpaired) electrons. The first-order valence-electron chi connectivity index (χ1n) is 8.30. The number of hydrogen-bond acceptors (Lipinski definition) is 3. The van der Waals surface area contributed by atoms with Crippen molar-refractivity contribution < 1.29 is 4.79 Å². The van der Waals surface area contributed by atoms with E-state index in [1.807, 2.05) is 46.0 Å². The molecule has 1 amide bonds. The molecule has 2 heterocycles. The van der Waals surface area contributed by atoms with E-state index in [1.54, 1.807) is 4.68 Å². The van der Waals surface area contributed by atoms with Crippen LogP contribution in [-0.2, 0) is 7.05 Å². The molecular formula is C19H23N5O. The Labute approximate surface area is 147 Å². The zero-order valence-electron chi connectivity index (χ0n) is 15.2. The van der Waals surface area contributed by atoms with Crippen molar-refractivity contribution in [3.63, 3.8) is 0 Å². The van der Waals surface area contributed by atoms with Crippen molar-refractivity contribution in [1.82, 2.24) is 24.6 Å². The molecule has 0 saturated heterocycles. The van der Waals surface area contributed by atoms with Crippen LogP contribution in [-0.4, -0.2) is 25.2 Å². The van der Waals surface area contributed by atoms with Gasteiger partial charge in [-0.25, -0.2) is 4.98 Å². The number of aryl methyl sites for hydroxylation is 3. The molecule has 25 heavy (non-hydrogen) atoms. The van der Waals surface area contributed by atoms with Gasteiger partial charge in [-0.15, -0.1) is 0 Å². The van der Waals surface area contributed by atoms with Crippen LogP contribution in [0.4, 0.5) is 0 Å². The van der Waals surface area contributed by atoms with E-state index in [4.69, 9.17) is 0 Å². The van der Waals surface area contributed by atoms with Gasteiger partial charge in [-0.1, -0.05) is 18.2 Å². The Morgan fingerprint density at radius 3 is 2.56 bits per heavy atom. The van der Waals surface area contributed by atoms with Crippen molar-refractivity contribution in [3.05, 3.63) is 65.0 Å². The van der Waals surface area contributed by atoms with Crippen molar-refractivity contribution in [2.45, 2.75) is 33.7 Å². The largest absolute Gasteiger partial charge is 0.342 e. The fourth-order valence-corrected chi connectivity index (χ4v) is 3.21. The zero-order valence-corrected chi connectivity index (χ0v) is 15.2. The van der Waals surface area contributed by atoms with Crippen LogP contribution in [0.5, 0.6) is 0 Å². The Morgan fingerprint density at radius 2 is 1.92 bits per heavy atom. The van der Waals surface area contributed by atoms with Gasteiger partial charge in [0, 0.05) is 24.1 Å². The third-order valence-electron chi connectivity index (χ3n) is 4.51. The molecule has 3 aromatic rings. The smallest absolute Gasteiger partial charge is 0.253 e. The fraction of sp³-hybridized carbons (Fsp3) is 0.316. The number of amides is 1. The van der Waals surface area contributed by atoms with Crippen molar-refractivity contribution in [2.75, 3.05) is 0 Å². The molecule has 0 unspecified atom stereocenters. The molecule has 0 fully saturated rings. The van der Waals surface area contributed by atoms with E-state index in [0.29, 0.717) is 5.56 Å². The van der Waals surface area contributed by atoms with E-state index in [-0.39, 0.29) is 11.9 Å². The fourth-order valence-electron chi connectivity index (χ4n) is 3.21. The van der Waals surface area contributed by atoms with Gasteiger partial charge in [0.05, 0.1) is 11.6 Å². The van der Waals surface area contributed by atoms with E-state index in [0.717, 1.165) is 22.9 Å². The number of nitrogens with zero attached hydrogens (tertiary/aromatic N) is 4. The summed E-state index contributed by atoms with van der Waals surface area (Å²) < 4.78 is 3.79. The molecule has 6 nitrogen and oxygen atoms in total. The number of carbonyl (C=O) groups is 1. The number of nitrogens with one attached hydrogen (secondary N) is 1. The van der Waals surface area contributed by atoms with Crippen LogP contribution in [0, 0.1) is 20.8 Å². The number of para-hydroxylation sites is 1. The van der Waals surface area contributed by atoms with Gasteiger partial charge >= 0.3 is 0 Å². The lowest BCUT2D eigenvalue weighted by Gasteiger charge is -2.14. The highest BCUT2D eigenvalue weighted by atomic mass is 16.1. The lowest BCUT2D eigenvalue weighted by Crippen LogP contribution is -2.28. The Bertz CT molecular complexity index is 922. The maximum Gasteiger partial charge on any atom is 0.253 e. The van der Waals surface area contributed by atoms with Crippen LogP contribution in [0.3, 0.4) is 0 Å². The van der Waals surface area contributed by atoms with Crippen LogP contribution in [0.2, 0.25) is 0 Å². The second kappa shape index (κ2) is 6.55. The van der Waals surface area contributed by atoms with E-state index in [9.17, 15) is 4.79 Å². The first-order valence-corrected chi connectivity index (χ1v) is 8.30. The minimum absolute atomic E-state index is 0.108. The summed E-state index contributed by atoms with van der Waals surface area (Å²) in [5.41, 5.74) is 4.90. The van der Waals surface area contributed by atoms with Crippen LogP contribution in [0.1, 0.15) is 46.1 Å². The van der Waals surface area contributed by atoms with Gasteiger partial charge < -0.3 is 9.88 Å². The van der Waals surface area contributed by atoms with Crippen LogP contribution in [0.25, 0.3) is 5.69 Å². The highest BCUT2D eigenvalue weighted by Crippen LogP contribution is 2.23. The molecule has 0 aliphatic heterocycles. The Morgan fingerprint density at radius 1 is 1.20 bits per heavy atom. The summed E-state index contributed by atoms with van der Waals surface area (Å²) in [6, 6.07) is 9.88. The Hall–Kier alpha value is -2.89. The SMILES string of the molecule is Cc1ccccc1-n1c(C)cc(C(=O)N[C@H](C)c2ncnn2C)c1C. The van der Waals surface area contributed by atoms with Crippen molar-refractivity contribution in [2.24, 2.45) is 7.05 Å². The first-order chi connectivity index (χ1) is 11.9. The maximum atomic E-state index is 12.8. The topological polar surface area (TPSA) is 64.7 Å². The minimum Gasteiger partial charge on any atom is -0.342 e. The van der Waals surface area contributed by atoms with E-state index >= 15 is 0 Å². The minimum atomic E-state index is -0.221. The first kappa shape index (κ1) is 17.0. The summed E-state index contributed by atoms with van der Waals surface area (Å²) in [5.74, 6) is 0.615. The number of aromatic nitrogens is 4. The molecule has 0 spiro atoms. The normalized spacial score (nSPS) is 12.2. The van der Waals surface area contributed by atoms with Crippen molar-refractivity contribution >= 4 is 5.91 Å². The van der Waals surface area contributed by atoms with Gasteiger partial charge in [-0.05, 0) is 45.4 Å². The van der Waals surface area contributed by atoms with Crippen LogP contribution in [0.15, 0.2) is 36.7 Å². The van der Waals surface area contributed by atoms with Gasteiger partial charge in [0.15, 0.2) is 0 Å². The Balaban J connectivity index is 1.91. The third-order valence-corrected chi connectivity index (χ3v) is 4.51. The molecule has 1 atom stereocenters. The van der Waals surface area contributed by atoms with E-state index in [2.05, 4.69) is 39.0 Å². The molecule has 130 valence electrons. The summed E-state index contributed by atoms with van der Waals surface area (Å²) >= 11 is 0. The summed E-state index contributed by atoms with van der Waals surface area (Å²) in [5, 5.41) is 7.06. The maximum absolute atomic E-state index is 12.8. The molecular weight excluding hydrogens is 314 g/mol. The number of benzene rings is 1. The van der Waals surface area contributed by atoms with E-state index in [1.165, 1.54) is 11.9 Å². The molecule has 1 N–H and O–H groups in total. The van der Waals surface area contributed by atoms with Gasteiger partial charge in [0.25, 0.3) is 5.91 Å². The van der Waals surface area contributed by atoms with Crippen LogP contribution < -0.4 is 5.32 Å². The molecule has 3 rings (SSSR count). The lowest BCUT2D eigenvalue weighted by molar-refractivity contribution is 0.0937. The monoisotopic (exact) mass is 337 g/mol. The summed E-state index contributed by atoms with van der Waals surface area (Å²) in [4.78, 5) is 17.0. The zero-order chi connectivity index (χ0) is 18.1. The predicted molar refractivity (Wildman–Crippen MR) is 96.9 cm³/mol. The number of carbonyl (C=O) groups excluding carboxylic acids is 1. The van der Waals surface area contributed by atoms with Gasteiger partial charge in [0.2, 0.25) is 0 Å². The highest BCUT2D eigenvalue weighted by molar-refractivity contribution is 5.96. The molecule has 0 saturated carbocycles. The van der Waals surface area contributed by atoms with E-state index < -0.39 is 0 Å². The second-order valence-corrected chi connectivity index (χ2v) is 6.34. The average Bonchev–Trinajstić information content (AvgIpc) is 3.12. The summed E-state index contributed by atoms with van der Waals surface area (Å²) in [7, 11) is 1.81. The third kappa shape index (κ3) is 3.07. The predicted octanol–water partition coefficient (Wildman–Crippen LogP) is 3.02. The highest BCUT2D eigenvalue weighted by Gasteiger charge is 2.20. The molecule has 6 heteroatoms. The second-order valence-electron chi connectivity index (χ2n) is 6.34. The molecule has 0 aliphatic carbocycles. The quantitative estimate of drug-likeness (QED) is 0.796. The van der Waals surface area contributed by atoms with Gasteiger partial charge in [-0.2, -0.15) is 5.10 Å². The van der Waals surface area contributed by atoms with Gasteiger partial charge in [0.1, 0.15) is 12.2 Å². The molecule has 0 aliphatic rings. The summed E-state index contributed by atoms with van der Waals surface area (Å²) in [6.07, 6.45) is 1.49. The molecule has 0 bridgehead atoms. The Kier molecular flexibility index (Phi) is 4.44. The van der Waals surface area contributed by atoms with Crippen molar-refractivity contribution in [3.8, 4) is 5.69 Å². The standard InChI is InChI=1S/C19H23N5O/c1-12-8-6-7-9-17(12)24-13(2)10-16(15(24)4)19(25)22-14(3)18-20-11-21-23(18)5/h6-11,14H,1-5H3,(H,22,25)/t14-/m1/s1. The van der Waals surface area contributed by atoms with Crippen molar-refractivity contribution in [1.29, 1.82) is 0 Å².